The molecule has 1 heterocycles. The number of carbonyl (C=O) groups is 2. The van der Waals surface area contributed by atoms with E-state index in [1.54, 1.807) is 12.5 Å². The zero-order valence-corrected chi connectivity index (χ0v) is 11.0. The minimum atomic E-state index is -0.743. The Bertz CT molecular complexity index is 376. The van der Waals surface area contributed by atoms with E-state index in [1.807, 2.05) is 10.8 Å². The van der Waals surface area contributed by atoms with Crippen LogP contribution in [0.3, 0.4) is 0 Å². The molecule has 0 fully saturated rings. The maximum atomic E-state index is 11.5. The van der Waals surface area contributed by atoms with Crippen LogP contribution in [0.15, 0.2) is 18.7 Å². The van der Waals surface area contributed by atoms with Gasteiger partial charge in [0, 0.05) is 38.3 Å². The fourth-order valence-electron chi connectivity index (χ4n) is 1.72. The molecule has 1 aromatic rings. The zero-order valence-electron chi connectivity index (χ0n) is 11.0. The second-order valence-corrected chi connectivity index (χ2v) is 4.46. The highest BCUT2D eigenvalue weighted by atomic mass is 16.4. The first-order chi connectivity index (χ1) is 9.18. The standard InChI is InChI=1S/C13H21N3O3/c17-12(6-9-16-10-8-14-11-16)15-7-4-2-1-3-5-13(18)19/h8,10-11H,1-7,9H2,(H,15,17)(H,18,19). The second kappa shape index (κ2) is 9.13. The van der Waals surface area contributed by atoms with Gasteiger partial charge in [0.1, 0.15) is 0 Å². The van der Waals surface area contributed by atoms with Gasteiger partial charge < -0.3 is 15.0 Å². The molecule has 106 valence electrons. The van der Waals surface area contributed by atoms with E-state index in [9.17, 15) is 9.59 Å². The van der Waals surface area contributed by atoms with Crippen molar-refractivity contribution in [1.82, 2.24) is 14.9 Å². The fraction of sp³-hybridized carbons (Fsp3) is 0.615. The van der Waals surface area contributed by atoms with E-state index in [0.29, 0.717) is 25.9 Å². The number of hydrogen-bond donors (Lipinski definition) is 2. The third kappa shape index (κ3) is 7.96. The summed E-state index contributed by atoms with van der Waals surface area (Å²) >= 11 is 0. The third-order valence-corrected chi connectivity index (χ3v) is 2.80. The number of amides is 1. The maximum Gasteiger partial charge on any atom is 0.303 e. The molecule has 0 spiro atoms. The first-order valence-corrected chi connectivity index (χ1v) is 6.62. The number of aliphatic carboxylic acids is 1. The molecular formula is C13H21N3O3. The van der Waals surface area contributed by atoms with Crippen LogP contribution in [0.4, 0.5) is 0 Å². The van der Waals surface area contributed by atoms with Crippen LogP contribution in [0.2, 0.25) is 0 Å². The van der Waals surface area contributed by atoms with Crippen molar-refractivity contribution in [2.75, 3.05) is 6.54 Å². The van der Waals surface area contributed by atoms with Crippen molar-refractivity contribution in [3.8, 4) is 0 Å². The lowest BCUT2D eigenvalue weighted by atomic mass is 10.1. The van der Waals surface area contributed by atoms with Crippen molar-refractivity contribution < 1.29 is 14.7 Å². The van der Waals surface area contributed by atoms with Crippen LogP contribution in [0.1, 0.15) is 38.5 Å². The van der Waals surface area contributed by atoms with Crippen molar-refractivity contribution in [2.45, 2.75) is 45.1 Å². The summed E-state index contributed by atoms with van der Waals surface area (Å²) in [6.07, 6.45) is 9.36. The molecule has 6 nitrogen and oxygen atoms in total. The van der Waals surface area contributed by atoms with Gasteiger partial charge in [-0.25, -0.2) is 4.98 Å². The van der Waals surface area contributed by atoms with Gasteiger partial charge in [-0.2, -0.15) is 0 Å². The Labute approximate surface area is 112 Å². The van der Waals surface area contributed by atoms with Crippen molar-refractivity contribution >= 4 is 11.9 Å². The molecule has 1 amide bonds. The van der Waals surface area contributed by atoms with Crippen LogP contribution in [0.25, 0.3) is 0 Å². The Balaban J connectivity index is 1.91. The molecule has 0 aliphatic heterocycles. The summed E-state index contributed by atoms with van der Waals surface area (Å²) in [7, 11) is 0. The van der Waals surface area contributed by atoms with Crippen LogP contribution < -0.4 is 5.32 Å². The molecule has 0 radical (unpaired) electrons. The van der Waals surface area contributed by atoms with Crippen molar-refractivity contribution in [1.29, 1.82) is 0 Å². The van der Waals surface area contributed by atoms with Gasteiger partial charge in [-0.15, -0.1) is 0 Å². The maximum absolute atomic E-state index is 11.5. The number of aromatic nitrogens is 2. The number of hydrogen-bond acceptors (Lipinski definition) is 3. The highest BCUT2D eigenvalue weighted by Gasteiger charge is 2.01. The summed E-state index contributed by atoms with van der Waals surface area (Å²) in [5, 5.41) is 11.3. The largest absolute Gasteiger partial charge is 0.481 e. The van der Waals surface area contributed by atoms with E-state index in [-0.39, 0.29) is 12.3 Å². The molecular weight excluding hydrogens is 246 g/mol. The number of imidazole rings is 1. The smallest absolute Gasteiger partial charge is 0.303 e. The molecule has 0 aromatic carbocycles. The van der Waals surface area contributed by atoms with Crippen LogP contribution in [-0.4, -0.2) is 33.1 Å². The first kappa shape index (κ1) is 15.2. The average molecular weight is 267 g/mol. The van der Waals surface area contributed by atoms with Gasteiger partial charge in [0.15, 0.2) is 0 Å². The van der Waals surface area contributed by atoms with E-state index < -0.39 is 5.97 Å². The molecule has 19 heavy (non-hydrogen) atoms. The number of carboxylic acids is 1. The molecule has 0 atom stereocenters. The highest BCUT2D eigenvalue weighted by molar-refractivity contribution is 5.75. The third-order valence-electron chi connectivity index (χ3n) is 2.80. The Morgan fingerprint density at radius 1 is 1.16 bits per heavy atom. The lowest BCUT2D eigenvalue weighted by Crippen LogP contribution is -2.25. The Hall–Kier alpha value is -1.85. The molecule has 0 unspecified atom stereocenters. The quantitative estimate of drug-likeness (QED) is 0.628. The second-order valence-electron chi connectivity index (χ2n) is 4.46. The highest BCUT2D eigenvalue weighted by Crippen LogP contribution is 2.02. The van der Waals surface area contributed by atoms with Gasteiger partial charge >= 0.3 is 5.97 Å². The molecule has 0 saturated heterocycles. The number of rotatable bonds is 10. The number of aryl methyl sites for hydroxylation is 1. The molecule has 0 aliphatic rings. The Morgan fingerprint density at radius 3 is 2.63 bits per heavy atom. The number of nitrogens with zero attached hydrogens (tertiary/aromatic N) is 2. The lowest BCUT2D eigenvalue weighted by Gasteiger charge is -2.05. The van der Waals surface area contributed by atoms with Crippen LogP contribution in [-0.2, 0) is 16.1 Å². The fourth-order valence-corrected chi connectivity index (χ4v) is 1.72. The normalized spacial score (nSPS) is 10.3. The summed E-state index contributed by atoms with van der Waals surface area (Å²) in [6.45, 7) is 1.31. The molecule has 0 aliphatic carbocycles. The van der Waals surface area contributed by atoms with Crippen molar-refractivity contribution in [2.24, 2.45) is 0 Å². The van der Waals surface area contributed by atoms with E-state index in [1.165, 1.54) is 0 Å². The predicted molar refractivity (Wildman–Crippen MR) is 70.6 cm³/mol. The molecule has 0 saturated carbocycles. The number of unbranched alkanes of at least 4 members (excludes halogenated alkanes) is 3. The summed E-state index contributed by atoms with van der Waals surface area (Å²) in [4.78, 5) is 25.7. The van der Waals surface area contributed by atoms with E-state index >= 15 is 0 Å². The Kier molecular flexibility index (Phi) is 7.31. The van der Waals surface area contributed by atoms with Gasteiger partial charge in [-0.05, 0) is 12.8 Å². The molecule has 2 N–H and O–H groups in total. The minimum absolute atomic E-state index is 0.0410. The molecule has 1 rings (SSSR count). The van der Waals surface area contributed by atoms with E-state index in [2.05, 4.69) is 10.3 Å². The zero-order chi connectivity index (χ0) is 13.9. The Morgan fingerprint density at radius 2 is 1.95 bits per heavy atom. The number of carboxylic acid groups (broad SMARTS) is 1. The topological polar surface area (TPSA) is 84.2 Å². The van der Waals surface area contributed by atoms with Gasteiger partial charge in [0.2, 0.25) is 5.91 Å². The van der Waals surface area contributed by atoms with Crippen LogP contribution in [0, 0.1) is 0 Å². The SMILES string of the molecule is O=C(O)CCCCCCNC(=O)CCn1ccnc1. The molecule has 6 heteroatoms. The van der Waals surface area contributed by atoms with Gasteiger partial charge in [-0.1, -0.05) is 12.8 Å². The summed E-state index contributed by atoms with van der Waals surface area (Å²) < 4.78 is 1.87. The predicted octanol–water partition coefficient (Wildman–Crippen LogP) is 1.42. The average Bonchev–Trinajstić information content (AvgIpc) is 2.88. The van der Waals surface area contributed by atoms with Crippen LogP contribution in [0.5, 0.6) is 0 Å². The number of nitrogens with one attached hydrogen (secondary N) is 1. The first-order valence-electron chi connectivity index (χ1n) is 6.62. The monoisotopic (exact) mass is 267 g/mol. The van der Waals surface area contributed by atoms with E-state index in [0.717, 1.165) is 19.3 Å². The van der Waals surface area contributed by atoms with Crippen LogP contribution >= 0.6 is 0 Å². The minimum Gasteiger partial charge on any atom is -0.481 e. The van der Waals surface area contributed by atoms with E-state index in [4.69, 9.17) is 5.11 Å². The summed E-state index contributed by atoms with van der Waals surface area (Å²) in [5.74, 6) is -0.702. The van der Waals surface area contributed by atoms with Crippen molar-refractivity contribution in [3.05, 3.63) is 18.7 Å². The van der Waals surface area contributed by atoms with Gasteiger partial charge in [0.25, 0.3) is 0 Å². The van der Waals surface area contributed by atoms with Gasteiger partial charge in [0.05, 0.1) is 6.33 Å². The molecule has 0 bridgehead atoms. The van der Waals surface area contributed by atoms with Crippen molar-refractivity contribution in [3.63, 3.8) is 0 Å². The summed E-state index contributed by atoms with van der Waals surface area (Å²) in [5.41, 5.74) is 0. The molecule has 1 aromatic heterocycles. The summed E-state index contributed by atoms with van der Waals surface area (Å²) in [6, 6.07) is 0. The van der Waals surface area contributed by atoms with Gasteiger partial charge in [-0.3, -0.25) is 9.59 Å². The number of carbonyl (C=O) groups excluding carboxylic acids is 1. The lowest BCUT2D eigenvalue weighted by molar-refractivity contribution is -0.137.